The van der Waals surface area contributed by atoms with Crippen molar-refractivity contribution in [1.82, 2.24) is 0 Å². The minimum Gasteiger partial charge on any atom is -0.338 e. The molecule has 3 aromatic rings. The molecule has 1 N–H and O–H groups in total. The predicted molar refractivity (Wildman–Crippen MR) is 140 cm³/mol. The van der Waals surface area contributed by atoms with Crippen molar-refractivity contribution in [3.63, 3.8) is 0 Å². The van der Waals surface area contributed by atoms with Gasteiger partial charge in [-0.25, -0.2) is 0 Å². The van der Waals surface area contributed by atoms with E-state index in [1.54, 1.807) is 0 Å². The largest absolute Gasteiger partial charge is 0.338 e. The SMILES string of the molecule is CC(C)(C)c1ccc(S(O)(c2ccc(C(C)(C)C)cc2)c2ccc(C(C)(C)C)cc2)cc1. The zero-order valence-corrected chi connectivity index (χ0v) is 22.1. The molecule has 0 aliphatic rings. The summed E-state index contributed by atoms with van der Waals surface area (Å²) in [4.78, 5) is 2.91. The van der Waals surface area contributed by atoms with Crippen molar-refractivity contribution >= 4 is 10.3 Å². The monoisotopic (exact) mass is 448 g/mol. The van der Waals surface area contributed by atoms with Crippen LogP contribution in [0.2, 0.25) is 0 Å². The van der Waals surface area contributed by atoms with Gasteiger partial charge < -0.3 is 4.55 Å². The molecule has 0 aliphatic heterocycles. The van der Waals surface area contributed by atoms with E-state index in [9.17, 15) is 4.55 Å². The lowest BCUT2D eigenvalue weighted by atomic mass is 9.87. The molecule has 0 aliphatic carbocycles. The van der Waals surface area contributed by atoms with Gasteiger partial charge in [-0.15, -0.1) is 0 Å². The summed E-state index contributed by atoms with van der Waals surface area (Å²) in [5, 5.41) is 0. The lowest BCUT2D eigenvalue weighted by Crippen LogP contribution is -2.13. The maximum Gasteiger partial charge on any atom is 0.0213 e. The van der Waals surface area contributed by atoms with E-state index in [1.807, 2.05) is 0 Å². The highest BCUT2D eigenvalue weighted by Crippen LogP contribution is 2.65. The number of hydrogen-bond donors (Lipinski definition) is 1. The highest BCUT2D eigenvalue weighted by atomic mass is 32.3. The van der Waals surface area contributed by atoms with Crippen LogP contribution in [0.3, 0.4) is 0 Å². The fourth-order valence-electron chi connectivity index (χ4n) is 3.86. The summed E-state index contributed by atoms with van der Waals surface area (Å²) in [5.74, 6) is 0. The third-order valence-corrected chi connectivity index (χ3v) is 9.05. The van der Waals surface area contributed by atoms with Crippen LogP contribution in [-0.4, -0.2) is 4.55 Å². The van der Waals surface area contributed by atoms with Gasteiger partial charge in [0.25, 0.3) is 0 Å². The highest BCUT2D eigenvalue weighted by molar-refractivity contribution is 8.29. The molecular weight excluding hydrogens is 408 g/mol. The first-order chi connectivity index (χ1) is 14.6. The van der Waals surface area contributed by atoms with Gasteiger partial charge in [0.05, 0.1) is 0 Å². The molecule has 0 aromatic heterocycles. The second-order valence-electron chi connectivity index (χ2n) is 11.9. The Labute approximate surface area is 197 Å². The molecule has 0 unspecified atom stereocenters. The zero-order valence-electron chi connectivity index (χ0n) is 21.3. The van der Waals surface area contributed by atoms with Crippen molar-refractivity contribution in [2.75, 3.05) is 0 Å². The molecule has 32 heavy (non-hydrogen) atoms. The second kappa shape index (κ2) is 8.39. The Morgan fingerprint density at radius 3 is 0.750 bits per heavy atom. The third-order valence-electron chi connectivity index (χ3n) is 6.18. The van der Waals surface area contributed by atoms with Gasteiger partial charge >= 0.3 is 0 Å². The second-order valence-corrected chi connectivity index (χ2v) is 14.5. The molecule has 0 amide bonds. The Morgan fingerprint density at radius 1 is 0.406 bits per heavy atom. The number of hydrogen-bond acceptors (Lipinski definition) is 1. The first-order valence-electron chi connectivity index (χ1n) is 11.5. The lowest BCUT2D eigenvalue weighted by molar-refractivity contribution is 0.587. The summed E-state index contributed by atoms with van der Waals surface area (Å²) in [6, 6.07) is 25.7. The van der Waals surface area contributed by atoms with Crippen molar-refractivity contribution in [3.8, 4) is 0 Å². The molecule has 0 atom stereocenters. The summed E-state index contributed by atoms with van der Waals surface area (Å²) in [6.45, 7) is 20.0. The molecule has 0 saturated carbocycles. The van der Waals surface area contributed by atoms with E-state index in [-0.39, 0.29) is 16.2 Å². The molecule has 0 radical (unpaired) electrons. The Morgan fingerprint density at radius 2 is 0.594 bits per heavy atom. The van der Waals surface area contributed by atoms with E-state index in [4.69, 9.17) is 0 Å². The molecular formula is C30H40OS. The molecule has 172 valence electrons. The summed E-state index contributed by atoms with van der Waals surface area (Å²) in [5.41, 5.74) is 4.05. The Kier molecular flexibility index (Phi) is 6.45. The first-order valence-corrected chi connectivity index (χ1v) is 13.1. The molecule has 3 aromatic carbocycles. The van der Waals surface area contributed by atoms with E-state index in [2.05, 4.69) is 135 Å². The maximum absolute atomic E-state index is 12.4. The van der Waals surface area contributed by atoms with Gasteiger partial charge in [-0.3, -0.25) is 0 Å². The van der Waals surface area contributed by atoms with Crippen molar-refractivity contribution in [2.45, 2.75) is 93.2 Å². The van der Waals surface area contributed by atoms with Gasteiger partial charge in [0.2, 0.25) is 0 Å². The molecule has 1 nitrogen and oxygen atoms in total. The Balaban J connectivity index is 2.17. The van der Waals surface area contributed by atoms with Crippen LogP contribution in [0.25, 0.3) is 0 Å². The highest BCUT2D eigenvalue weighted by Gasteiger charge is 2.30. The fourth-order valence-corrected chi connectivity index (χ4v) is 6.27. The lowest BCUT2D eigenvalue weighted by Gasteiger charge is -2.36. The van der Waals surface area contributed by atoms with E-state index in [1.165, 1.54) is 16.7 Å². The van der Waals surface area contributed by atoms with E-state index >= 15 is 0 Å². The standard InChI is InChI=1S/C30H40OS/c1-28(2,3)22-10-16-25(17-11-22)32(31,26-18-12-23(13-19-26)29(4,5)6)27-20-14-24(15-21-27)30(7,8)9/h10-21,31H,1-9H3. The average molecular weight is 449 g/mol. The molecule has 0 heterocycles. The van der Waals surface area contributed by atoms with Gasteiger partial charge in [-0.1, -0.05) is 109 Å². The maximum atomic E-state index is 12.4. The molecule has 0 fully saturated rings. The quantitative estimate of drug-likeness (QED) is 0.423. The predicted octanol–water partition coefficient (Wildman–Crippen LogP) is 9.33. The van der Waals surface area contributed by atoms with Crippen LogP contribution in [0.5, 0.6) is 0 Å². The summed E-state index contributed by atoms with van der Waals surface area (Å²) >= 11 is 0. The van der Waals surface area contributed by atoms with E-state index in [0.717, 1.165) is 14.7 Å². The van der Waals surface area contributed by atoms with Gasteiger partial charge in [0.15, 0.2) is 0 Å². The molecule has 0 saturated heterocycles. The van der Waals surface area contributed by atoms with Gasteiger partial charge in [0, 0.05) is 14.7 Å². The van der Waals surface area contributed by atoms with Gasteiger partial charge in [0.1, 0.15) is 0 Å². The van der Waals surface area contributed by atoms with Crippen molar-refractivity contribution < 1.29 is 4.55 Å². The van der Waals surface area contributed by atoms with Crippen LogP contribution in [0, 0.1) is 0 Å². The number of rotatable bonds is 3. The molecule has 0 spiro atoms. The Bertz CT molecular complexity index is 899. The van der Waals surface area contributed by atoms with Crippen molar-refractivity contribution in [2.24, 2.45) is 0 Å². The third kappa shape index (κ3) is 4.97. The molecule has 3 rings (SSSR count). The van der Waals surface area contributed by atoms with Crippen LogP contribution >= 0.6 is 10.3 Å². The summed E-state index contributed by atoms with van der Waals surface area (Å²) in [7, 11) is -2.36. The summed E-state index contributed by atoms with van der Waals surface area (Å²) < 4.78 is 12.4. The van der Waals surface area contributed by atoms with Gasteiger partial charge in [-0.05, 0) is 69.3 Å². The fraction of sp³-hybridized carbons (Fsp3) is 0.400. The van der Waals surface area contributed by atoms with Gasteiger partial charge in [-0.2, -0.15) is 0 Å². The van der Waals surface area contributed by atoms with Crippen LogP contribution < -0.4 is 0 Å². The van der Waals surface area contributed by atoms with E-state index in [0.29, 0.717) is 0 Å². The van der Waals surface area contributed by atoms with Crippen LogP contribution in [-0.2, 0) is 16.2 Å². The molecule has 0 bridgehead atoms. The van der Waals surface area contributed by atoms with E-state index < -0.39 is 10.3 Å². The minimum atomic E-state index is -2.36. The van der Waals surface area contributed by atoms with Crippen molar-refractivity contribution in [1.29, 1.82) is 0 Å². The Hall–Kier alpha value is -2.03. The topological polar surface area (TPSA) is 20.2 Å². The average Bonchev–Trinajstić information content (AvgIpc) is 2.71. The normalized spacial score (nSPS) is 13.8. The molecule has 2 heteroatoms. The zero-order chi connectivity index (χ0) is 23.9. The number of benzene rings is 3. The summed E-state index contributed by atoms with van der Waals surface area (Å²) in [6.07, 6.45) is 0. The smallest absolute Gasteiger partial charge is 0.0213 e. The first kappa shape index (κ1) is 24.6. The van der Waals surface area contributed by atoms with Crippen LogP contribution in [0.1, 0.15) is 79.0 Å². The van der Waals surface area contributed by atoms with Crippen LogP contribution in [0.4, 0.5) is 0 Å². The minimum absolute atomic E-state index is 0.0781. The van der Waals surface area contributed by atoms with Crippen LogP contribution in [0.15, 0.2) is 87.5 Å². The van der Waals surface area contributed by atoms with Crippen molar-refractivity contribution in [3.05, 3.63) is 89.5 Å².